The number of hydrogen-bond acceptors (Lipinski definition) is 5. The first-order valence-electron chi connectivity index (χ1n) is 9.29. The Morgan fingerprint density at radius 1 is 1.23 bits per heavy atom. The topological polar surface area (TPSA) is 57.7 Å². The fourth-order valence-electron chi connectivity index (χ4n) is 3.85. The molecular weight excluding hydrogens is 330 g/mol. The average Bonchev–Trinajstić information content (AvgIpc) is 2.67. The van der Waals surface area contributed by atoms with Crippen LogP contribution in [0.4, 0.5) is 0 Å². The summed E-state index contributed by atoms with van der Waals surface area (Å²) in [6.45, 7) is 3.41. The van der Waals surface area contributed by atoms with E-state index in [0.29, 0.717) is 25.7 Å². The van der Waals surface area contributed by atoms with Crippen LogP contribution in [0, 0.1) is 0 Å². The van der Waals surface area contributed by atoms with Gasteiger partial charge in [0.1, 0.15) is 13.2 Å². The molecule has 26 heavy (non-hydrogen) atoms. The average molecular weight is 353 g/mol. The fraction of sp³-hybridized carbons (Fsp3) is 0.429. The SMILES string of the molecule is CCOC(=O)C=C1CCC(c2ccnc3cc4c(cc23)OCCO4)CC1. The van der Waals surface area contributed by atoms with Crippen LogP contribution in [0.5, 0.6) is 11.5 Å². The molecule has 1 aliphatic carbocycles. The van der Waals surface area contributed by atoms with Crippen LogP contribution in [0.2, 0.25) is 0 Å². The summed E-state index contributed by atoms with van der Waals surface area (Å²) in [6.07, 6.45) is 7.46. The highest BCUT2D eigenvalue weighted by Crippen LogP contribution is 2.41. The third-order valence-corrected chi connectivity index (χ3v) is 5.12. The molecule has 0 spiro atoms. The molecule has 0 amide bonds. The molecule has 136 valence electrons. The number of carbonyl (C=O) groups excluding carboxylic acids is 1. The smallest absolute Gasteiger partial charge is 0.330 e. The number of fused-ring (bicyclic) bond motifs is 2. The monoisotopic (exact) mass is 353 g/mol. The summed E-state index contributed by atoms with van der Waals surface area (Å²) in [5.41, 5.74) is 3.44. The highest BCUT2D eigenvalue weighted by molar-refractivity contribution is 5.86. The number of esters is 1. The van der Waals surface area contributed by atoms with Gasteiger partial charge in [-0.15, -0.1) is 0 Å². The first-order chi connectivity index (χ1) is 12.7. The van der Waals surface area contributed by atoms with E-state index in [9.17, 15) is 4.79 Å². The predicted octanol–water partition coefficient (Wildman–Crippen LogP) is 4.15. The predicted molar refractivity (Wildman–Crippen MR) is 98.7 cm³/mol. The minimum Gasteiger partial charge on any atom is -0.486 e. The van der Waals surface area contributed by atoms with Crippen LogP contribution in [-0.4, -0.2) is 30.8 Å². The van der Waals surface area contributed by atoms with E-state index in [2.05, 4.69) is 17.1 Å². The quantitative estimate of drug-likeness (QED) is 0.613. The summed E-state index contributed by atoms with van der Waals surface area (Å²) in [5, 5.41) is 1.14. The molecule has 0 N–H and O–H groups in total. The largest absolute Gasteiger partial charge is 0.486 e. The van der Waals surface area contributed by atoms with Crippen molar-refractivity contribution in [3.63, 3.8) is 0 Å². The summed E-state index contributed by atoms with van der Waals surface area (Å²) in [6, 6.07) is 6.15. The lowest BCUT2D eigenvalue weighted by Crippen LogP contribution is -2.15. The highest BCUT2D eigenvalue weighted by atomic mass is 16.6. The van der Waals surface area contributed by atoms with Gasteiger partial charge in [-0.1, -0.05) is 5.57 Å². The molecule has 0 atom stereocenters. The van der Waals surface area contributed by atoms with Gasteiger partial charge in [0.2, 0.25) is 0 Å². The van der Waals surface area contributed by atoms with E-state index in [0.717, 1.165) is 48.1 Å². The van der Waals surface area contributed by atoms with E-state index >= 15 is 0 Å². The van der Waals surface area contributed by atoms with Gasteiger partial charge in [0, 0.05) is 23.7 Å². The van der Waals surface area contributed by atoms with Gasteiger partial charge in [0.15, 0.2) is 11.5 Å². The van der Waals surface area contributed by atoms with Crippen molar-refractivity contribution in [1.29, 1.82) is 0 Å². The number of allylic oxidation sites excluding steroid dienone is 1. The van der Waals surface area contributed by atoms with Crippen LogP contribution in [0.3, 0.4) is 0 Å². The maximum Gasteiger partial charge on any atom is 0.330 e. The van der Waals surface area contributed by atoms with Crippen LogP contribution in [0.25, 0.3) is 10.9 Å². The van der Waals surface area contributed by atoms with E-state index in [1.807, 2.05) is 19.2 Å². The van der Waals surface area contributed by atoms with Gasteiger partial charge in [0.25, 0.3) is 0 Å². The van der Waals surface area contributed by atoms with Crippen LogP contribution in [0.1, 0.15) is 44.1 Å². The lowest BCUT2D eigenvalue weighted by Gasteiger charge is -2.26. The molecule has 1 aliphatic heterocycles. The van der Waals surface area contributed by atoms with Crippen LogP contribution in [-0.2, 0) is 9.53 Å². The Morgan fingerprint density at radius 3 is 2.69 bits per heavy atom. The fourth-order valence-corrected chi connectivity index (χ4v) is 3.85. The molecule has 5 nitrogen and oxygen atoms in total. The van der Waals surface area contributed by atoms with Crippen LogP contribution in [0.15, 0.2) is 36.0 Å². The van der Waals surface area contributed by atoms with Gasteiger partial charge < -0.3 is 14.2 Å². The second-order valence-corrected chi connectivity index (χ2v) is 6.74. The Hall–Kier alpha value is -2.56. The Balaban J connectivity index is 1.57. The van der Waals surface area contributed by atoms with Gasteiger partial charge in [-0.2, -0.15) is 0 Å². The summed E-state index contributed by atoms with van der Waals surface area (Å²) < 4.78 is 16.4. The molecule has 0 unspecified atom stereocenters. The second kappa shape index (κ2) is 7.36. The Kier molecular flexibility index (Phi) is 4.78. The standard InChI is InChI=1S/C21H23NO4/c1-2-24-21(23)11-14-3-5-15(6-4-14)16-7-8-22-18-13-20-19(12-17(16)18)25-9-10-26-20/h7-8,11-13,15H,2-6,9-10H2,1H3. The van der Waals surface area contributed by atoms with E-state index in [-0.39, 0.29) is 5.97 Å². The van der Waals surface area contributed by atoms with E-state index in [1.165, 1.54) is 11.1 Å². The van der Waals surface area contributed by atoms with Crippen molar-refractivity contribution in [2.45, 2.75) is 38.5 Å². The zero-order valence-electron chi connectivity index (χ0n) is 15.0. The lowest BCUT2D eigenvalue weighted by molar-refractivity contribution is -0.137. The molecule has 1 aromatic carbocycles. The molecule has 0 saturated heterocycles. The van der Waals surface area contributed by atoms with Gasteiger partial charge >= 0.3 is 5.97 Å². The third kappa shape index (κ3) is 3.39. The molecule has 0 bridgehead atoms. The number of nitrogens with zero attached hydrogens (tertiary/aromatic N) is 1. The van der Waals surface area contributed by atoms with Gasteiger partial charge in [0.05, 0.1) is 12.1 Å². The zero-order chi connectivity index (χ0) is 17.9. The van der Waals surface area contributed by atoms with Crippen molar-refractivity contribution in [3.05, 3.63) is 41.6 Å². The van der Waals surface area contributed by atoms with Gasteiger partial charge in [-0.3, -0.25) is 4.98 Å². The first-order valence-corrected chi connectivity index (χ1v) is 9.29. The van der Waals surface area contributed by atoms with Crippen molar-refractivity contribution in [2.75, 3.05) is 19.8 Å². The number of aromatic nitrogens is 1. The number of benzene rings is 1. The molecule has 5 heteroatoms. The molecule has 1 saturated carbocycles. The minimum absolute atomic E-state index is 0.223. The van der Waals surface area contributed by atoms with Crippen molar-refractivity contribution in [1.82, 2.24) is 4.98 Å². The molecule has 4 rings (SSSR count). The van der Waals surface area contributed by atoms with Crippen LogP contribution >= 0.6 is 0 Å². The van der Waals surface area contributed by atoms with Crippen molar-refractivity contribution in [3.8, 4) is 11.5 Å². The van der Waals surface area contributed by atoms with Gasteiger partial charge in [-0.25, -0.2) is 4.79 Å². The van der Waals surface area contributed by atoms with Crippen LogP contribution < -0.4 is 9.47 Å². The number of pyridine rings is 1. The molecule has 1 fully saturated rings. The summed E-state index contributed by atoms with van der Waals surface area (Å²) >= 11 is 0. The van der Waals surface area contributed by atoms with Crippen molar-refractivity contribution in [2.24, 2.45) is 0 Å². The van der Waals surface area contributed by atoms with E-state index in [1.54, 1.807) is 6.08 Å². The Morgan fingerprint density at radius 2 is 1.96 bits per heavy atom. The molecular formula is C21H23NO4. The minimum atomic E-state index is -0.223. The number of rotatable bonds is 3. The molecule has 0 radical (unpaired) electrons. The summed E-state index contributed by atoms with van der Waals surface area (Å²) in [7, 11) is 0. The highest BCUT2D eigenvalue weighted by Gasteiger charge is 2.22. The summed E-state index contributed by atoms with van der Waals surface area (Å²) in [4.78, 5) is 16.2. The number of hydrogen-bond donors (Lipinski definition) is 0. The Labute approximate surface area is 153 Å². The van der Waals surface area contributed by atoms with E-state index in [4.69, 9.17) is 14.2 Å². The summed E-state index contributed by atoms with van der Waals surface area (Å²) in [5.74, 6) is 1.81. The Bertz CT molecular complexity index is 848. The molecule has 2 aromatic rings. The number of carbonyl (C=O) groups is 1. The zero-order valence-corrected chi connectivity index (χ0v) is 15.0. The molecule has 1 aromatic heterocycles. The molecule has 2 heterocycles. The molecule has 2 aliphatic rings. The maximum atomic E-state index is 11.6. The van der Waals surface area contributed by atoms with Crippen molar-refractivity contribution >= 4 is 16.9 Å². The first kappa shape index (κ1) is 16.9. The third-order valence-electron chi connectivity index (χ3n) is 5.12. The normalized spacial score (nSPS) is 19.3. The van der Waals surface area contributed by atoms with E-state index < -0.39 is 0 Å². The van der Waals surface area contributed by atoms with Crippen molar-refractivity contribution < 1.29 is 19.0 Å². The van der Waals surface area contributed by atoms with Gasteiger partial charge in [-0.05, 0) is 56.2 Å². The lowest BCUT2D eigenvalue weighted by atomic mass is 9.80. The number of ether oxygens (including phenoxy) is 3. The second-order valence-electron chi connectivity index (χ2n) is 6.74. The maximum absolute atomic E-state index is 11.6.